The van der Waals surface area contributed by atoms with E-state index in [1.165, 1.54) is 30.5 Å². The number of halogens is 2. The Labute approximate surface area is 160 Å². The first-order valence-corrected chi connectivity index (χ1v) is 9.26. The average molecular weight is 411 g/mol. The van der Waals surface area contributed by atoms with E-state index < -0.39 is 15.9 Å². The van der Waals surface area contributed by atoms with Crippen LogP contribution in [0.25, 0.3) is 0 Å². The van der Waals surface area contributed by atoms with Crippen LogP contribution in [0.4, 0.5) is 11.4 Å². The van der Waals surface area contributed by atoms with Gasteiger partial charge in [-0.15, -0.1) is 0 Å². The minimum Gasteiger partial charge on any atom is -0.360 e. The molecular formula is C16H12Cl2N4O3S. The summed E-state index contributed by atoms with van der Waals surface area (Å²) >= 11 is 11.7. The second-order valence-corrected chi connectivity index (χ2v) is 7.43. The first kappa shape index (κ1) is 19.8. The van der Waals surface area contributed by atoms with Crippen molar-refractivity contribution in [2.75, 3.05) is 10.6 Å². The highest BCUT2D eigenvalue weighted by Crippen LogP contribution is 2.22. The number of nitriles is 1. The van der Waals surface area contributed by atoms with Gasteiger partial charge >= 0.3 is 0 Å². The number of nitrogens with two attached hydrogens (primary N) is 1. The fourth-order valence-corrected chi connectivity index (χ4v) is 2.91. The van der Waals surface area contributed by atoms with Crippen molar-refractivity contribution in [1.29, 1.82) is 5.26 Å². The number of primary sulfonamides is 1. The standard InChI is InChI=1S/C16H12Cl2N4O3S/c17-11-5-12(18)7-14(6-11)21-9-10(8-19)16(23)22-13-1-3-15(4-2-13)26(20,24)25/h1-7,9,21H,(H,22,23)(H2,20,24,25)/b10-9-. The molecule has 2 aromatic carbocycles. The molecule has 2 aromatic rings. The lowest BCUT2D eigenvalue weighted by molar-refractivity contribution is -0.112. The molecular weight excluding hydrogens is 399 g/mol. The van der Waals surface area contributed by atoms with E-state index in [9.17, 15) is 13.2 Å². The van der Waals surface area contributed by atoms with Crippen LogP contribution in [-0.2, 0) is 14.8 Å². The molecule has 0 aliphatic rings. The smallest absolute Gasteiger partial charge is 0.267 e. The molecule has 0 unspecified atom stereocenters. The van der Waals surface area contributed by atoms with Crippen LogP contribution in [0, 0.1) is 11.3 Å². The number of sulfonamides is 1. The molecule has 0 spiro atoms. The third-order valence-electron chi connectivity index (χ3n) is 3.05. The Hall–Kier alpha value is -2.57. The van der Waals surface area contributed by atoms with Crippen LogP contribution >= 0.6 is 23.2 Å². The molecule has 0 heterocycles. The van der Waals surface area contributed by atoms with Crippen LogP contribution < -0.4 is 15.8 Å². The number of anilines is 2. The summed E-state index contributed by atoms with van der Waals surface area (Å²) in [5, 5.41) is 20.2. The molecule has 0 bridgehead atoms. The zero-order chi connectivity index (χ0) is 19.3. The number of hydrogen-bond donors (Lipinski definition) is 3. The fourth-order valence-electron chi connectivity index (χ4n) is 1.87. The van der Waals surface area contributed by atoms with Crippen molar-refractivity contribution in [1.82, 2.24) is 0 Å². The lowest BCUT2D eigenvalue weighted by Crippen LogP contribution is -2.15. The zero-order valence-electron chi connectivity index (χ0n) is 13.0. The van der Waals surface area contributed by atoms with Crippen molar-refractivity contribution in [2.45, 2.75) is 4.90 Å². The largest absolute Gasteiger partial charge is 0.360 e. The van der Waals surface area contributed by atoms with Crippen molar-refractivity contribution >= 4 is 50.5 Å². The Morgan fingerprint density at radius 1 is 1.08 bits per heavy atom. The monoisotopic (exact) mass is 410 g/mol. The average Bonchev–Trinajstić information content (AvgIpc) is 2.54. The summed E-state index contributed by atoms with van der Waals surface area (Å²) in [6, 6.07) is 11.7. The molecule has 0 aromatic heterocycles. The molecule has 2 rings (SSSR count). The molecule has 7 nitrogen and oxygen atoms in total. The zero-order valence-corrected chi connectivity index (χ0v) is 15.4. The van der Waals surface area contributed by atoms with Crippen molar-refractivity contribution in [3.8, 4) is 6.07 Å². The van der Waals surface area contributed by atoms with Gasteiger partial charge in [0, 0.05) is 27.6 Å². The first-order chi connectivity index (χ1) is 12.2. The summed E-state index contributed by atoms with van der Waals surface area (Å²) in [5.74, 6) is -0.684. The third kappa shape index (κ3) is 5.47. The maximum absolute atomic E-state index is 12.1. The van der Waals surface area contributed by atoms with E-state index in [0.717, 1.165) is 0 Å². The maximum atomic E-state index is 12.1. The van der Waals surface area contributed by atoms with Gasteiger partial charge in [0.25, 0.3) is 5.91 Å². The van der Waals surface area contributed by atoms with E-state index >= 15 is 0 Å². The van der Waals surface area contributed by atoms with E-state index in [1.54, 1.807) is 24.3 Å². The molecule has 10 heteroatoms. The summed E-state index contributed by atoms with van der Waals surface area (Å²) < 4.78 is 22.4. The van der Waals surface area contributed by atoms with Gasteiger partial charge in [-0.2, -0.15) is 5.26 Å². The van der Waals surface area contributed by atoms with Gasteiger partial charge < -0.3 is 10.6 Å². The summed E-state index contributed by atoms with van der Waals surface area (Å²) in [7, 11) is -3.82. The van der Waals surface area contributed by atoms with E-state index in [2.05, 4.69) is 10.6 Å². The van der Waals surface area contributed by atoms with Crippen molar-refractivity contribution in [3.63, 3.8) is 0 Å². The first-order valence-electron chi connectivity index (χ1n) is 6.96. The highest BCUT2D eigenvalue weighted by Gasteiger charge is 2.11. The van der Waals surface area contributed by atoms with Gasteiger partial charge in [0.2, 0.25) is 10.0 Å². The molecule has 0 saturated carbocycles. The minimum atomic E-state index is -3.82. The Bertz CT molecular complexity index is 993. The summed E-state index contributed by atoms with van der Waals surface area (Å²) in [4.78, 5) is 12.1. The van der Waals surface area contributed by atoms with Crippen LogP contribution in [0.5, 0.6) is 0 Å². The highest BCUT2D eigenvalue weighted by atomic mass is 35.5. The summed E-state index contributed by atoms with van der Waals surface area (Å²) in [5.41, 5.74) is 0.589. The number of hydrogen-bond acceptors (Lipinski definition) is 5. The molecule has 134 valence electrons. The van der Waals surface area contributed by atoms with Crippen LogP contribution in [0.2, 0.25) is 10.0 Å². The molecule has 0 aliphatic heterocycles. The van der Waals surface area contributed by atoms with Gasteiger partial charge in [-0.3, -0.25) is 4.79 Å². The number of amides is 1. The van der Waals surface area contributed by atoms with Gasteiger partial charge in [-0.1, -0.05) is 23.2 Å². The van der Waals surface area contributed by atoms with Crippen LogP contribution in [0.1, 0.15) is 0 Å². The Morgan fingerprint density at radius 3 is 2.15 bits per heavy atom. The quantitative estimate of drug-likeness (QED) is 0.515. The van der Waals surface area contributed by atoms with E-state index in [-0.39, 0.29) is 10.5 Å². The molecule has 0 aliphatic carbocycles. The van der Waals surface area contributed by atoms with E-state index in [4.69, 9.17) is 33.6 Å². The molecule has 0 radical (unpaired) electrons. The van der Waals surface area contributed by atoms with Crippen LogP contribution in [0.3, 0.4) is 0 Å². The number of carbonyl (C=O) groups is 1. The van der Waals surface area contributed by atoms with Gasteiger partial charge in [-0.05, 0) is 42.5 Å². The normalized spacial score (nSPS) is 11.5. The SMILES string of the molecule is N#C/C(=C/Nc1cc(Cl)cc(Cl)c1)C(=O)Nc1ccc(S(N)(=O)=O)cc1. The molecule has 26 heavy (non-hydrogen) atoms. The summed E-state index contributed by atoms with van der Waals surface area (Å²) in [6.45, 7) is 0. The van der Waals surface area contributed by atoms with Gasteiger partial charge in [0.1, 0.15) is 11.6 Å². The molecule has 4 N–H and O–H groups in total. The predicted molar refractivity (Wildman–Crippen MR) is 100 cm³/mol. The molecule has 0 saturated heterocycles. The van der Waals surface area contributed by atoms with Crippen molar-refractivity contribution < 1.29 is 13.2 Å². The number of nitrogens with zero attached hydrogens (tertiary/aromatic N) is 1. The number of rotatable bonds is 5. The van der Waals surface area contributed by atoms with Crippen LogP contribution in [-0.4, -0.2) is 14.3 Å². The van der Waals surface area contributed by atoms with E-state index in [1.807, 2.05) is 0 Å². The maximum Gasteiger partial charge on any atom is 0.267 e. The topological polar surface area (TPSA) is 125 Å². The lowest BCUT2D eigenvalue weighted by atomic mass is 10.2. The van der Waals surface area contributed by atoms with Crippen molar-refractivity contribution in [3.05, 3.63) is 64.3 Å². The third-order valence-corrected chi connectivity index (χ3v) is 4.42. The Kier molecular flexibility index (Phi) is 6.23. The predicted octanol–water partition coefficient (Wildman–Crippen LogP) is 3.10. The van der Waals surface area contributed by atoms with Gasteiger partial charge in [0.15, 0.2) is 0 Å². The van der Waals surface area contributed by atoms with E-state index in [0.29, 0.717) is 21.4 Å². The molecule has 0 atom stereocenters. The van der Waals surface area contributed by atoms with Gasteiger partial charge in [0.05, 0.1) is 4.90 Å². The van der Waals surface area contributed by atoms with Gasteiger partial charge in [-0.25, -0.2) is 13.6 Å². The second kappa shape index (κ2) is 8.21. The lowest BCUT2D eigenvalue weighted by Gasteiger charge is -2.06. The van der Waals surface area contributed by atoms with Crippen molar-refractivity contribution in [2.24, 2.45) is 5.14 Å². The van der Waals surface area contributed by atoms with Crippen LogP contribution in [0.15, 0.2) is 59.1 Å². The summed E-state index contributed by atoms with van der Waals surface area (Å²) in [6.07, 6.45) is 1.20. The molecule has 1 amide bonds. The Morgan fingerprint density at radius 2 is 1.65 bits per heavy atom. The second-order valence-electron chi connectivity index (χ2n) is 5.00. The highest BCUT2D eigenvalue weighted by molar-refractivity contribution is 7.89. The Balaban J connectivity index is 2.12. The number of benzene rings is 2. The molecule has 0 fully saturated rings. The number of nitrogens with one attached hydrogen (secondary N) is 2. The number of carbonyl (C=O) groups excluding carboxylic acids is 1. The fraction of sp³-hybridized carbons (Fsp3) is 0. The minimum absolute atomic E-state index is 0.0916.